The SMILES string of the molecule is O=C(F)OCCF. The molecule has 0 atom stereocenters. The highest BCUT2D eigenvalue weighted by Crippen LogP contribution is 1.80. The molecule has 42 valence electrons. The van der Waals surface area contributed by atoms with Crippen molar-refractivity contribution in [3.63, 3.8) is 0 Å². The first-order valence-corrected chi connectivity index (χ1v) is 1.65. The highest BCUT2D eigenvalue weighted by molar-refractivity contribution is 5.57. The number of hydrogen-bond acceptors (Lipinski definition) is 2. The van der Waals surface area contributed by atoms with Gasteiger partial charge in [0.1, 0.15) is 13.3 Å². The summed E-state index contributed by atoms with van der Waals surface area (Å²) in [5, 5.41) is 0. The summed E-state index contributed by atoms with van der Waals surface area (Å²) in [6.07, 6.45) is -1.93. The monoisotopic (exact) mass is 110 g/mol. The lowest BCUT2D eigenvalue weighted by Crippen LogP contribution is -1.97. The molecule has 0 unspecified atom stereocenters. The second-order valence-corrected chi connectivity index (χ2v) is 0.775. The maximum absolute atomic E-state index is 10.9. The summed E-state index contributed by atoms with van der Waals surface area (Å²) in [6.45, 7) is -1.33. The van der Waals surface area contributed by atoms with E-state index in [1.807, 2.05) is 0 Å². The van der Waals surface area contributed by atoms with Crippen LogP contribution in [0.3, 0.4) is 0 Å². The molecule has 0 saturated heterocycles. The van der Waals surface area contributed by atoms with Gasteiger partial charge in [0.15, 0.2) is 0 Å². The number of carbonyl (C=O) groups is 1. The van der Waals surface area contributed by atoms with Crippen LogP contribution in [0.25, 0.3) is 0 Å². The van der Waals surface area contributed by atoms with Crippen LogP contribution in [0.4, 0.5) is 13.6 Å². The Kier molecular flexibility index (Phi) is 3.18. The standard InChI is InChI=1S/C3H4F2O2/c4-1-2-7-3(5)6/h1-2H2. The molecular formula is C3H4F2O2. The van der Waals surface area contributed by atoms with E-state index in [9.17, 15) is 8.78 Å². The summed E-state index contributed by atoms with van der Waals surface area (Å²) in [5.41, 5.74) is 0. The van der Waals surface area contributed by atoms with Gasteiger partial charge in [0.2, 0.25) is 0 Å². The Labute approximate surface area is 39.1 Å². The average molecular weight is 110 g/mol. The van der Waals surface area contributed by atoms with Crippen molar-refractivity contribution in [2.75, 3.05) is 13.3 Å². The quantitative estimate of drug-likeness (QED) is 0.497. The summed E-state index contributed by atoms with van der Waals surface area (Å²) in [7, 11) is 0. The maximum atomic E-state index is 10.9. The van der Waals surface area contributed by atoms with Gasteiger partial charge in [-0.1, -0.05) is 0 Å². The van der Waals surface area contributed by atoms with E-state index in [1.54, 1.807) is 0 Å². The molecule has 0 saturated carbocycles. The maximum Gasteiger partial charge on any atom is 0.495 e. The van der Waals surface area contributed by atoms with Gasteiger partial charge in [-0.3, -0.25) is 0 Å². The van der Waals surface area contributed by atoms with Crippen LogP contribution in [0.1, 0.15) is 0 Å². The Balaban J connectivity index is 2.82. The first kappa shape index (κ1) is 6.33. The first-order valence-electron chi connectivity index (χ1n) is 1.65. The zero-order chi connectivity index (χ0) is 5.70. The Hall–Kier alpha value is -0.670. The molecule has 7 heavy (non-hydrogen) atoms. The number of alkyl halides is 1. The third kappa shape index (κ3) is 5.33. The summed E-state index contributed by atoms with van der Waals surface area (Å²) < 4.78 is 25.3. The van der Waals surface area contributed by atoms with Crippen LogP contribution in [-0.2, 0) is 4.74 Å². The summed E-state index contributed by atoms with van der Waals surface area (Å²) >= 11 is 0. The van der Waals surface area contributed by atoms with Gasteiger partial charge in [0.05, 0.1) is 0 Å². The normalized spacial score (nSPS) is 8.29. The Morgan fingerprint density at radius 1 is 1.71 bits per heavy atom. The van der Waals surface area contributed by atoms with Crippen molar-refractivity contribution in [2.24, 2.45) is 0 Å². The number of rotatable bonds is 2. The molecule has 0 radical (unpaired) electrons. The summed E-state index contributed by atoms with van der Waals surface area (Å²) in [4.78, 5) is 9.15. The number of hydrogen-bond donors (Lipinski definition) is 0. The van der Waals surface area contributed by atoms with E-state index in [-0.39, 0.29) is 0 Å². The van der Waals surface area contributed by atoms with Gasteiger partial charge >= 0.3 is 6.22 Å². The fourth-order valence-corrected chi connectivity index (χ4v) is 0.119. The lowest BCUT2D eigenvalue weighted by molar-refractivity contribution is 0.113. The molecule has 0 aromatic rings. The van der Waals surface area contributed by atoms with Crippen LogP contribution in [-0.4, -0.2) is 19.5 Å². The molecule has 0 aliphatic rings. The molecule has 0 bridgehead atoms. The fourth-order valence-electron chi connectivity index (χ4n) is 0.119. The minimum Gasteiger partial charge on any atom is -0.438 e. The van der Waals surface area contributed by atoms with E-state index in [0.29, 0.717) is 0 Å². The third-order valence-electron chi connectivity index (χ3n) is 0.293. The van der Waals surface area contributed by atoms with E-state index in [2.05, 4.69) is 4.74 Å². The topological polar surface area (TPSA) is 26.3 Å². The molecule has 0 aliphatic carbocycles. The van der Waals surface area contributed by atoms with Gasteiger partial charge in [0, 0.05) is 0 Å². The second-order valence-electron chi connectivity index (χ2n) is 0.775. The van der Waals surface area contributed by atoms with Gasteiger partial charge in [-0.15, -0.1) is 4.39 Å². The second kappa shape index (κ2) is 3.52. The molecule has 0 amide bonds. The van der Waals surface area contributed by atoms with Crippen molar-refractivity contribution in [2.45, 2.75) is 0 Å². The minimum atomic E-state index is -1.93. The van der Waals surface area contributed by atoms with Crippen molar-refractivity contribution in [3.8, 4) is 0 Å². The van der Waals surface area contributed by atoms with E-state index < -0.39 is 19.5 Å². The van der Waals surface area contributed by atoms with Crippen molar-refractivity contribution >= 4 is 6.22 Å². The lowest BCUT2D eigenvalue weighted by Gasteiger charge is -1.88. The van der Waals surface area contributed by atoms with Crippen LogP contribution < -0.4 is 0 Å². The predicted molar refractivity (Wildman–Crippen MR) is 18.4 cm³/mol. The molecule has 0 aliphatic heterocycles. The van der Waals surface area contributed by atoms with Crippen LogP contribution in [0.5, 0.6) is 0 Å². The molecule has 0 aromatic heterocycles. The van der Waals surface area contributed by atoms with Crippen molar-refractivity contribution < 1.29 is 18.3 Å². The van der Waals surface area contributed by atoms with Crippen molar-refractivity contribution in [1.29, 1.82) is 0 Å². The number of carbonyl (C=O) groups excluding carboxylic acids is 1. The fraction of sp³-hybridized carbons (Fsp3) is 0.667. The van der Waals surface area contributed by atoms with Crippen LogP contribution in [0.15, 0.2) is 0 Å². The van der Waals surface area contributed by atoms with Gasteiger partial charge in [0.25, 0.3) is 0 Å². The average Bonchev–Trinajstić information content (AvgIpc) is 1.61. The zero-order valence-corrected chi connectivity index (χ0v) is 3.49. The van der Waals surface area contributed by atoms with E-state index in [1.165, 1.54) is 0 Å². The Morgan fingerprint density at radius 3 is 2.43 bits per heavy atom. The highest BCUT2D eigenvalue weighted by Gasteiger charge is 1.93. The number of halogens is 2. The third-order valence-corrected chi connectivity index (χ3v) is 0.293. The molecule has 0 fully saturated rings. The molecule has 4 heteroatoms. The lowest BCUT2D eigenvalue weighted by atomic mass is 10.8. The van der Waals surface area contributed by atoms with Crippen LogP contribution >= 0.6 is 0 Å². The molecule has 0 N–H and O–H groups in total. The Bertz CT molecular complexity index is 64.0. The largest absolute Gasteiger partial charge is 0.495 e. The number of ether oxygens (including phenoxy) is 1. The predicted octanol–water partition coefficient (Wildman–Crippen LogP) is 1.06. The molecule has 0 rings (SSSR count). The van der Waals surface area contributed by atoms with Crippen molar-refractivity contribution in [1.82, 2.24) is 0 Å². The van der Waals surface area contributed by atoms with Gasteiger partial charge in [-0.05, 0) is 0 Å². The van der Waals surface area contributed by atoms with Gasteiger partial charge < -0.3 is 4.74 Å². The van der Waals surface area contributed by atoms with Crippen LogP contribution in [0.2, 0.25) is 0 Å². The van der Waals surface area contributed by atoms with Crippen LogP contribution in [0, 0.1) is 0 Å². The Morgan fingerprint density at radius 2 is 2.29 bits per heavy atom. The smallest absolute Gasteiger partial charge is 0.438 e. The highest BCUT2D eigenvalue weighted by atomic mass is 19.1. The van der Waals surface area contributed by atoms with Crippen molar-refractivity contribution in [3.05, 3.63) is 0 Å². The van der Waals surface area contributed by atoms with Gasteiger partial charge in [-0.25, -0.2) is 9.18 Å². The van der Waals surface area contributed by atoms with E-state index in [0.717, 1.165) is 0 Å². The molecule has 0 spiro atoms. The minimum absolute atomic E-state index is 0.491. The van der Waals surface area contributed by atoms with Gasteiger partial charge in [-0.2, -0.15) is 0 Å². The summed E-state index contributed by atoms with van der Waals surface area (Å²) in [5.74, 6) is 0. The zero-order valence-electron chi connectivity index (χ0n) is 3.49. The molecular weight excluding hydrogens is 106 g/mol. The molecule has 2 nitrogen and oxygen atoms in total. The van der Waals surface area contributed by atoms with E-state index >= 15 is 0 Å². The molecule has 0 aromatic carbocycles. The molecule has 0 heterocycles. The first-order chi connectivity index (χ1) is 3.27. The van der Waals surface area contributed by atoms with E-state index in [4.69, 9.17) is 4.79 Å². The summed E-state index contributed by atoms with van der Waals surface area (Å²) in [6, 6.07) is 0.